The van der Waals surface area contributed by atoms with Gasteiger partial charge in [0.15, 0.2) is 0 Å². The van der Waals surface area contributed by atoms with Gasteiger partial charge < -0.3 is 4.90 Å². The van der Waals surface area contributed by atoms with Crippen molar-refractivity contribution in [2.75, 3.05) is 31.1 Å². The van der Waals surface area contributed by atoms with Gasteiger partial charge in [0, 0.05) is 63.3 Å². The predicted molar refractivity (Wildman–Crippen MR) is 100 cm³/mol. The maximum atomic E-state index is 13.6. The van der Waals surface area contributed by atoms with E-state index in [2.05, 4.69) is 26.1 Å². The molecule has 6 heteroatoms. The van der Waals surface area contributed by atoms with Crippen molar-refractivity contribution in [1.82, 2.24) is 19.7 Å². The average molecular weight is 351 g/mol. The van der Waals surface area contributed by atoms with E-state index in [1.807, 2.05) is 36.1 Å². The molecule has 0 radical (unpaired) electrons. The molecule has 3 heterocycles. The van der Waals surface area contributed by atoms with Crippen molar-refractivity contribution in [1.29, 1.82) is 0 Å². The van der Waals surface area contributed by atoms with E-state index in [1.165, 1.54) is 11.6 Å². The van der Waals surface area contributed by atoms with Gasteiger partial charge in [-0.2, -0.15) is 5.10 Å². The molecule has 0 saturated carbocycles. The Kier molecular flexibility index (Phi) is 4.67. The smallest absolute Gasteiger partial charge is 0.136 e. The third kappa shape index (κ3) is 3.60. The Morgan fingerprint density at radius 2 is 1.92 bits per heavy atom. The zero-order chi connectivity index (χ0) is 17.9. The van der Waals surface area contributed by atoms with Gasteiger partial charge in [-0.3, -0.25) is 9.58 Å². The molecule has 5 nitrogen and oxygen atoms in total. The number of piperazine rings is 1. The molecule has 2 aromatic heterocycles. The molecule has 1 aromatic carbocycles. The first-order chi connectivity index (χ1) is 12.7. The molecule has 0 bridgehead atoms. The van der Waals surface area contributed by atoms with Gasteiger partial charge in [0.25, 0.3) is 0 Å². The highest BCUT2D eigenvalue weighted by molar-refractivity contribution is 5.75. The second-order valence-electron chi connectivity index (χ2n) is 6.67. The van der Waals surface area contributed by atoms with E-state index in [1.54, 1.807) is 18.3 Å². The van der Waals surface area contributed by atoms with Crippen LogP contribution in [0.15, 0.2) is 55.0 Å². The minimum absolute atomic E-state index is 0.224. The summed E-state index contributed by atoms with van der Waals surface area (Å²) in [7, 11) is 1.94. The van der Waals surface area contributed by atoms with Crippen molar-refractivity contribution in [3.8, 4) is 11.1 Å². The Bertz CT molecular complexity index is 883. The summed E-state index contributed by atoms with van der Waals surface area (Å²) in [5.74, 6) is 0.706. The van der Waals surface area contributed by atoms with Crippen LogP contribution in [0.2, 0.25) is 0 Å². The lowest BCUT2D eigenvalue weighted by molar-refractivity contribution is 0.249. The number of pyridine rings is 1. The number of benzene rings is 1. The molecular formula is C20H22FN5. The molecule has 3 aromatic rings. The summed E-state index contributed by atoms with van der Waals surface area (Å²) >= 11 is 0. The molecule has 0 atom stereocenters. The van der Waals surface area contributed by atoms with Gasteiger partial charge >= 0.3 is 0 Å². The molecule has 0 unspecified atom stereocenters. The van der Waals surface area contributed by atoms with Crippen LogP contribution in [0.25, 0.3) is 11.1 Å². The highest BCUT2D eigenvalue weighted by Crippen LogP contribution is 2.29. The molecule has 26 heavy (non-hydrogen) atoms. The highest BCUT2D eigenvalue weighted by atomic mass is 19.1. The van der Waals surface area contributed by atoms with E-state index in [9.17, 15) is 4.39 Å². The first kappa shape index (κ1) is 16.7. The van der Waals surface area contributed by atoms with Crippen molar-refractivity contribution >= 4 is 5.82 Å². The number of halogens is 1. The topological polar surface area (TPSA) is 37.2 Å². The van der Waals surface area contributed by atoms with Crippen LogP contribution < -0.4 is 4.90 Å². The van der Waals surface area contributed by atoms with Gasteiger partial charge in [0.05, 0.1) is 6.20 Å². The van der Waals surface area contributed by atoms with Crippen molar-refractivity contribution < 1.29 is 4.39 Å². The monoisotopic (exact) mass is 351 g/mol. The van der Waals surface area contributed by atoms with Gasteiger partial charge in [-0.1, -0.05) is 12.1 Å². The summed E-state index contributed by atoms with van der Waals surface area (Å²) < 4.78 is 15.5. The third-order valence-electron chi connectivity index (χ3n) is 4.76. The zero-order valence-electron chi connectivity index (χ0n) is 14.8. The van der Waals surface area contributed by atoms with Crippen LogP contribution in [0, 0.1) is 5.82 Å². The fourth-order valence-corrected chi connectivity index (χ4v) is 3.46. The minimum Gasteiger partial charge on any atom is -0.354 e. The molecule has 134 valence electrons. The Hall–Kier alpha value is -2.73. The number of nitrogens with zero attached hydrogens (tertiary/aromatic N) is 5. The molecule has 1 saturated heterocycles. The fourth-order valence-electron chi connectivity index (χ4n) is 3.46. The summed E-state index contributed by atoms with van der Waals surface area (Å²) in [5, 5.41) is 4.24. The third-order valence-corrected chi connectivity index (χ3v) is 4.76. The van der Waals surface area contributed by atoms with Gasteiger partial charge in [-0.05, 0) is 29.8 Å². The largest absolute Gasteiger partial charge is 0.354 e. The standard InChI is InChI=1S/C20H22FN5/c1-24-14-16(13-23-24)15-25-8-10-26(11-9-25)20-19(6-3-7-22-20)17-4-2-5-18(21)12-17/h2-7,12-14H,8-11,15H2,1H3. The summed E-state index contributed by atoms with van der Waals surface area (Å²) in [4.78, 5) is 9.31. The molecular weight excluding hydrogens is 329 g/mol. The van der Waals surface area contributed by atoms with E-state index < -0.39 is 0 Å². The van der Waals surface area contributed by atoms with Crippen molar-refractivity contribution in [3.63, 3.8) is 0 Å². The zero-order valence-corrected chi connectivity index (χ0v) is 14.8. The SMILES string of the molecule is Cn1cc(CN2CCN(c3ncccc3-c3cccc(F)c3)CC2)cn1. The number of anilines is 1. The van der Waals surface area contributed by atoms with E-state index in [4.69, 9.17) is 0 Å². The fraction of sp³-hybridized carbons (Fsp3) is 0.300. The van der Waals surface area contributed by atoms with Crippen molar-refractivity contribution in [2.24, 2.45) is 7.05 Å². The first-order valence-corrected chi connectivity index (χ1v) is 8.85. The molecule has 1 aliphatic heterocycles. The first-order valence-electron chi connectivity index (χ1n) is 8.85. The van der Waals surface area contributed by atoms with Crippen molar-refractivity contribution in [3.05, 3.63) is 66.4 Å². The van der Waals surface area contributed by atoms with Gasteiger partial charge in [-0.15, -0.1) is 0 Å². The normalized spacial score (nSPS) is 15.4. The summed E-state index contributed by atoms with van der Waals surface area (Å²) in [5.41, 5.74) is 3.08. The molecule has 0 spiro atoms. The average Bonchev–Trinajstić information content (AvgIpc) is 3.07. The number of hydrogen-bond donors (Lipinski definition) is 0. The molecule has 0 amide bonds. The molecule has 0 aliphatic carbocycles. The number of aryl methyl sites for hydroxylation is 1. The van der Waals surface area contributed by atoms with Crippen LogP contribution in [-0.2, 0) is 13.6 Å². The lowest BCUT2D eigenvalue weighted by Crippen LogP contribution is -2.46. The van der Waals surface area contributed by atoms with Gasteiger partial charge in [0.2, 0.25) is 0 Å². The maximum absolute atomic E-state index is 13.6. The van der Waals surface area contributed by atoms with Crippen LogP contribution in [-0.4, -0.2) is 45.8 Å². The van der Waals surface area contributed by atoms with E-state index >= 15 is 0 Å². The van der Waals surface area contributed by atoms with Gasteiger partial charge in [0.1, 0.15) is 11.6 Å². The molecule has 0 N–H and O–H groups in total. The number of hydrogen-bond acceptors (Lipinski definition) is 4. The Morgan fingerprint density at radius 1 is 1.08 bits per heavy atom. The van der Waals surface area contributed by atoms with Crippen LogP contribution in [0.5, 0.6) is 0 Å². The number of rotatable bonds is 4. The van der Waals surface area contributed by atoms with E-state index in [0.29, 0.717) is 0 Å². The number of aromatic nitrogens is 3. The highest BCUT2D eigenvalue weighted by Gasteiger charge is 2.21. The molecule has 4 rings (SSSR count). The second-order valence-corrected chi connectivity index (χ2v) is 6.67. The van der Waals surface area contributed by atoms with Gasteiger partial charge in [-0.25, -0.2) is 9.37 Å². The summed E-state index contributed by atoms with van der Waals surface area (Å²) in [6, 6.07) is 10.6. The Morgan fingerprint density at radius 3 is 2.65 bits per heavy atom. The Labute approximate surface area is 152 Å². The molecule has 1 fully saturated rings. The predicted octanol–water partition coefficient (Wildman–Crippen LogP) is 2.94. The lowest BCUT2D eigenvalue weighted by atomic mass is 10.1. The minimum atomic E-state index is -0.224. The van der Waals surface area contributed by atoms with Crippen LogP contribution in [0.3, 0.4) is 0 Å². The van der Waals surface area contributed by atoms with E-state index in [0.717, 1.165) is 49.7 Å². The summed E-state index contributed by atoms with van der Waals surface area (Å²) in [6.07, 6.45) is 5.79. The molecule has 1 aliphatic rings. The quantitative estimate of drug-likeness (QED) is 0.724. The Balaban J connectivity index is 1.48. The van der Waals surface area contributed by atoms with Crippen LogP contribution in [0.4, 0.5) is 10.2 Å². The second kappa shape index (κ2) is 7.25. The van der Waals surface area contributed by atoms with Crippen molar-refractivity contribution in [2.45, 2.75) is 6.54 Å². The van der Waals surface area contributed by atoms with Crippen LogP contribution >= 0.6 is 0 Å². The van der Waals surface area contributed by atoms with Crippen LogP contribution in [0.1, 0.15) is 5.56 Å². The maximum Gasteiger partial charge on any atom is 0.136 e. The lowest BCUT2D eigenvalue weighted by Gasteiger charge is -2.36. The summed E-state index contributed by atoms with van der Waals surface area (Å²) in [6.45, 7) is 4.65. The van der Waals surface area contributed by atoms with E-state index in [-0.39, 0.29) is 5.82 Å².